The Morgan fingerprint density at radius 1 is 1.09 bits per heavy atom. The fourth-order valence-electron chi connectivity index (χ4n) is 6.02. The molecule has 0 spiro atoms. The lowest BCUT2D eigenvalue weighted by Gasteiger charge is -2.31. The number of methoxy groups -OCH3 is 3. The molecule has 47 heavy (non-hydrogen) atoms. The maximum Gasteiger partial charge on any atom is 0.294 e. The maximum absolute atomic E-state index is 12.6. The Kier molecular flexibility index (Phi) is 14.4. The van der Waals surface area contributed by atoms with Crippen molar-refractivity contribution in [1.82, 2.24) is 15.3 Å². The highest BCUT2D eigenvalue weighted by molar-refractivity contribution is 5.77. The second-order valence-corrected chi connectivity index (χ2v) is 12.0. The minimum absolute atomic E-state index is 0.0590. The van der Waals surface area contributed by atoms with Crippen LogP contribution in [0, 0.1) is 27.4 Å². The highest BCUT2D eigenvalue weighted by Gasteiger charge is 2.32. The molecule has 0 radical (unpaired) electrons. The number of hydrogen-bond donors (Lipinski definition) is 1. The Hall–Kier alpha value is -4.28. The van der Waals surface area contributed by atoms with Crippen LogP contribution in [0.4, 0.5) is 0 Å². The normalized spacial score (nSPS) is 15.6. The van der Waals surface area contributed by atoms with Crippen molar-refractivity contribution in [2.45, 2.75) is 63.8 Å². The van der Waals surface area contributed by atoms with Crippen molar-refractivity contribution in [3.63, 3.8) is 0 Å². The molecule has 258 valence electrons. The van der Waals surface area contributed by atoms with Crippen molar-refractivity contribution in [2.75, 3.05) is 61.2 Å². The Bertz CT molecular complexity index is 1360. The van der Waals surface area contributed by atoms with Crippen molar-refractivity contribution >= 4 is 5.91 Å². The van der Waals surface area contributed by atoms with E-state index >= 15 is 0 Å². The zero-order valence-electron chi connectivity index (χ0n) is 28.5. The summed E-state index contributed by atoms with van der Waals surface area (Å²) in [5, 5.41) is 21.8. The summed E-state index contributed by atoms with van der Waals surface area (Å²) in [6.45, 7) is 6.03. The average molecular weight is 656 g/mol. The summed E-state index contributed by atoms with van der Waals surface area (Å²) in [5.41, 5.74) is 4.18. The van der Waals surface area contributed by atoms with Crippen LogP contribution in [0.5, 0.6) is 23.0 Å². The lowest BCUT2D eigenvalue weighted by Crippen LogP contribution is -2.48. The third-order valence-electron chi connectivity index (χ3n) is 8.94. The standard InChI is InChI=1S/C34H49N5O8/c1-7-15-34(24-35,28-10-12-29(43-4)32(21-28)45-6)16-8-17-37(3)25(2)27-9-11-30(31(20-27)44-5)46-23-33(40)36-38-18-13-26(14-19-38)22-47-39(41)42/h9-12,20-21,25-26H,7-8,13-19,22-23H2,1-6H3,(H,36,40). The van der Waals surface area contributed by atoms with Gasteiger partial charge in [0.25, 0.3) is 11.0 Å². The van der Waals surface area contributed by atoms with Crippen LogP contribution in [-0.2, 0) is 15.0 Å². The zero-order valence-corrected chi connectivity index (χ0v) is 28.5. The number of nitriles is 1. The molecule has 0 aliphatic carbocycles. The summed E-state index contributed by atoms with van der Waals surface area (Å²) in [4.78, 5) is 29.7. The predicted molar refractivity (Wildman–Crippen MR) is 176 cm³/mol. The Balaban J connectivity index is 1.54. The van der Waals surface area contributed by atoms with E-state index in [-0.39, 0.29) is 31.1 Å². The fraction of sp³-hybridized carbons (Fsp3) is 0.588. The van der Waals surface area contributed by atoms with Gasteiger partial charge in [-0.05, 0) is 93.9 Å². The van der Waals surface area contributed by atoms with E-state index in [2.05, 4.69) is 42.1 Å². The van der Waals surface area contributed by atoms with E-state index in [1.54, 1.807) is 26.3 Å². The van der Waals surface area contributed by atoms with E-state index in [0.29, 0.717) is 55.4 Å². The number of nitrogens with zero attached hydrogens (tertiary/aromatic N) is 4. The van der Waals surface area contributed by atoms with Gasteiger partial charge in [0, 0.05) is 19.1 Å². The van der Waals surface area contributed by atoms with E-state index in [0.717, 1.165) is 36.9 Å². The molecule has 0 aromatic heterocycles. The number of nitrogens with one attached hydrogen (secondary N) is 1. The maximum atomic E-state index is 12.6. The van der Waals surface area contributed by atoms with Gasteiger partial charge >= 0.3 is 0 Å². The molecule has 2 unspecified atom stereocenters. The summed E-state index contributed by atoms with van der Waals surface area (Å²) in [5.74, 6) is 2.04. The highest BCUT2D eigenvalue weighted by Crippen LogP contribution is 2.39. The van der Waals surface area contributed by atoms with Gasteiger partial charge in [0.1, 0.15) is 0 Å². The third-order valence-corrected chi connectivity index (χ3v) is 8.94. The van der Waals surface area contributed by atoms with E-state index in [1.165, 1.54) is 0 Å². The summed E-state index contributed by atoms with van der Waals surface area (Å²) in [7, 11) is 6.83. The SMILES string of the molecule is CCCC(C#N)(CCCN(C)C(C)c1ccc(OCC(=O)NN2CCC(CO[N+](=O)[O-])CC2)c(OC)c1)c1ccc(OC)c(OC)c1. The van der Waals surface area contributed by atoms with Crippen molar-refractivity contribution in [3.05, 3.63) is 57.6 Å². The molecule has 0 bridgehead atoms. The second-order valence-electron chi connectivity index (χ2n) is 12.0. The largest absolute Gasteiger partial charge is 0.493 e. The molecule has 2 atom stereocenters. The summed E-state index contributed by atoms with van der Waals surface area (Å²) < 4.78 is 22.3. The number of carbonyl (C=O) groups is 1. The summed E-state index contributed by atoms with van der Waals surface area (Å²) >= 11 is 0. The summed E-state index contributed by atoms with van der Waals surface area (Å²) in [6.07, 6.45) is 4.53. The quantitative estimate of drug-likeness (QED) is 0.160. The molecule has 2 aromatic rings. The second kappa shape index (κ2) is 18.2. The molecule has 1 saturated heterocycles. The lowest BCUT2D eigenvalue weighted by molar-refractivity contribution is -0.759. The Morgan fingerprint density at radius 3 is 2.36 bits per heavy atom. The van der Waals surface area contributed by atoms with Gasteiger partial charge in [0.05, 0.1) is 39.4 Å². The highest BCUT2D eigenvalue weighted by atomic mass is 16.9. The number of ether oxygens (including phenoxy) is 4. The van der Waals surface area contributed by atoms with Gasteiger partial charge in [-0.3, -0.25) is 15.1 Å². The topological polar surface area (TPSA) is 149 Å². The van der Waals surface area contributed by atoms with Gasteiger partial charge in [-0.2, -0.15) is 5.26 Å². The van der Waals surface area contributed by atoms with E-state index in [4.69, 9.17) is 18.9 Å². The van der Waals surface area contributed by atoms with Crippen molar-refractivity contribution in [1.29, 1.82) is 5.26 Å². The molecule has 0 saturated carbocycles. The Labute approximate surface area is 277 Å². The molecule has 1 aliphatic heterocycles. The average Bonchev–Trinajstić information content (AvgIpc) is 3.09. The number of carbonyl (C=O) groups excluding carboxylic acids is 1. The minimum atomic E-state index is -0.774. The third kappa shape index (κ3) is 10.4. The van der Waals surface area contributed by atoms with Crippen LogP contribution in [0.3, 0.4) is 0 Å². The van der Waals surface area contributed by atoms with Crippen molar-refractivity contribution < 1.29 is 33.7 Å². The molecule has 1 aliphatic rings. The van der Waals surface area contributed by atoms with Crippen LogP contribution < -0.4 is 24.4 Å². The van der Waals surface area contributed by atoms with Crippen LogP contribution in [0.2, 0.25) is 0 Å². The van der Waals surface area contributed by atoms with Gasteiger partial charge < -0.3 is 23.8 Å². The molecule has 1 fully saturated rings. The summed E-state index contributed by atoms with van der Waals surface area (Å²) in [6, 6.07) is 14.1. The van der Waals surface area contributed by atoms with Crippen LogP contribution in [0.25, 0.3) is 0 Å². The van der Waals surface area contributed by atoms with Crippen LogP contribution in [-0.4, -0.2) is 82.1 Å². The predicted octanol–water partition coefficient (Wildman–Crippen LogP) is 5.08. The monoisotopic (exact) mass is 655 g/mol. The van der Waals surface area contributed by atoms with Crippen molar-refractivity contribution in [2.24, 2.45) is 5.92 Å². The van der Waals surface area contributed by atoms with Gasteiger partial charge in [0.15, 0.2) is 29.6 Å². The van der Waals surface area contributed by atoms with Gasteiger partial charge in [0.2, 0.25) is 0 Å². The van der Waals surface area contributed by atoms with Crippen molar-refractivity contribution in [3.8, 4) is 29.1 Å². The molecule has 1 heterocycles. The first-order valence-electron chi connectivity index (χ1n) is 16.1. The van der Waals surface area contributed by atoms with Crippen LogP contribution in [0.1, 0.15) is 69.5 Å². The zero-order chi connectivity index (χ0) is 34.4. The fourth-order valence-corrected chi connectivity index (χ4v) is 6.02. The van der Waals surface area contributed by atoms with E-state index in [9.17, 15) is 20.2 Å². The molecular formula is C34H49N5O8. The minimum Gasteiger partial charge on any atom is -0.493 e. The molecule has 2 aromatic carbocycles. The molecular weight excluding hydrogens is 606 g/mol. The molecule has 1 N–H and O–H groups in total. The molecule has 13 nitrogen and oxygen atoms in total. The number of rotatable bonds is 19. The van der Waals surface area contributed by atoms with Crippen LogP contribution in [0.15, 0.2) is 36.4 Å². The molecule has 3 rings (SSSR count). The number of benzene rings is 2. The van der Waals surface area contributed by atoms with Crippen LogP contribution >= 0.6 is 0 Å². The first kappa shape index (κ1) is 37.2. The van der Waals surface area contributed by atoms with Gasteiger partial charge in [-0.1, -0.05) is 25.5 Å². The van der Waals surface area contributed by atoms with E-state index < -0.39 is 10.5 Å². The van der Waals surface area contributed by atoms with E-state index in [1.807, 2.05) is 36.4 Å². The lowest BCUT2D eigenvalue weighted by atomic mass is 9.74. The number of hydrogen-bond acceptors (Lipinski definition) is 11. The first-order chi connectivity index (χ1) is 22.6. The number of hydrazine groups is 1. The molecule has 1 amide bonds. The Morgan fingerprint density at radius 2 is 1.74 bits per heavy atom. The number of piperidine rings is 1. The molecule has 13 heteroatoms. The first-order valence-corrected chi connectivity index (χ1v) is 16.1. The van der Waals surface area contributed by atoms with Gasteiger partial charge in [-0.25, -0.2) is 5.01 Å². The van der Waals surface area contributed by atoms with Gasteiger partial charge in [-0.15, -0.1) is 10.1 Å². The smallest absolute Gasteiger partial charge is 0.294 e. The number of amides is 1.